The lowest BCUT2D eigenvalue weighted by atomic mass is 9.77. The molecule has 2 aromatic heterocycles. The molecule has 2 aromatic rings. The molecule has 3 rings (SSSR count). The molecule has 21 heavy (non-hydrogen) atoms. The van der Waals surface area contributed by atoms with E-state index in [4.69, 9.17) is 4.98 Å². The first kappa shape index (κ1) is 14.5. The SMILES string of the molecule is CCC1(CO)CCN(Cc2cn3c(C)cccc3n2)CC1. The molecule has 0 aliphatic carbocycles. The van der Waals surface area contributed by atoms with Crippen molar-refractivity contribution < 1.29 is 5.11 Å². The third kappa shape index (κ3) is 2.83. The van der Waals surface area contributed by atoms with E-state index in [0.29, 0.717) is 6.61 Å². The zero-order valence-electron chi connectivity index (χ0n) is 13.0. The van der Waals surface area contributed by atoms with Crippen LogP contribution in [0.5, 0.6) is 0 Å². The highest BCUT2D eigenvalue weighted by molar-refractivity contribution is 5.41. The predicted octanol–water partition coefficient (Wildman–Crippen LogP) is 2.63. The number of rotatable bonds is 4. The average molecular weight is 287 g/mol. The second-order valence-corrected chi connectivity index (χ2v) is 6.42. The second kappa shape index (κ2) is 5.78. The molecule has 0 aromatic carbocycles. The smallest absolute Gasteiger partial charge is 0.137 e. The molecule has 0 amide bonds. The Morgan fingerprint density at radius 3 is 2.67 bits per heavy atom. The number of aryl methyl sites for hydroxylation is 1. The van der Waals surface area contributed by atoms with Crippen molar-refractivity contribution >= 4 is 5.65 Å². The normalized spacial score (nSPS) is 19.2. The molecule has 4 nitrogen and oxygen atoms in total. The van der Waals surface area contributed by atoms with E-state index >= 15 is 0 Å². The molecule has 1 fully saturated rings. The minimum absolute atomic E-state index is 0.159. The van der Waals surface area contributed by atoms with Gasteiger partial charge in [-0.3, -0.25) is 4.90 Å². The Hall–Kier alpha value is -1.39. The van der Waals surface area contributed by atoms with Crippen molar-refractivity contribution in [2.45, 2.75) is 39.7 Å². The number of aliphatic hydroxyl groups excluding tert-OH is 1. The summed E-state index contributed by atoms with van der Waals surface area (Å²) in [6.45, 7) is 7.65. The van der Waals surface area contributed by atoms with Crippen molar-refractivity contribution in [1.29, 1.82) is 0 Å². The molecule has 1 aliphatic rings. The molecule has 4 heteroatoms. The summed E-state index contributed by atoms with van der Waals surface area (Å²) in [5.74, 6) is 0. The molecule has 0 atom stereocenters. The number of aliphatic hydroxyl groups is 1. The Bertz CT molecular complexity index is 606. The lowest BCUT2D eigenvalue weighted by Gasteiger charge is -2.40. The maximum Gasteiger partial charge on any atom is 0.137 e. The van der Waals surface area contributed by atoms with Gasteiger partial charge in [0.05, 0.1) is 5.69 Å². The number of likely N-dealkylation sites (tertiary alicyclic amines) is 1. The first-order valence-electron chi connectivity index (χ1n) is 7.93. The molecule has 3 heterocycles. The van der Waals surface area contributed by atoms with Crippen LogP contribution in [0.4, 0.5) is 0 Å². The van der Waals surface area contributed by atoms with Gasteiger partial charge in [-0.1, -0.05) is 13.0 Å². The van der Waals surface area contributed by atoms with Gasteiger partial charge in [-0.25, -0.2) is 4.98 Å². The summed E-state index contributed by atoms with van der Waals surface area (Å²) in [5.41, 5.74) is 3.54. The number of piperidine rings is 1. The quantitative estimate of drug-likeness (QED) is 0.940. The van der Waals surface area contributed by atoms with Crippen LogP contribution in [0.25, 0.3) is 5.65 Å². The molecule has 114 valence electrons. The van der Waals surface area contributed by atoms with Crippen LogP contribution in [-0.4, -0.2) is 39.1 Å². The molecule has 1 N–H and O–H groups in total. The van der Waals surface area contributed by atoms with Gasteiger partial charge in [-0.2, -0.15) is 0 Å². The third-order valence-corrected chi connectivity index (χ3v) is 5.13. The highest BCUT2D eigenvalue weighted by Crippen LogP contribution is 2.34. The van der Waals surface area contributed by atoms with E-state index in [1.165, 1.54) is 5.69 Å². The number of pyridine rings is 1. The van der Waals surface area contributed by atoms with E-state index in [-0.39, 0.29) is 5.41 Å². The van der Waals surface area contributed by atoms with E-state index in [9.17, 15) is 5.11 Å². The summed E-state index contributed by atoms with van der Waals surface area (Å²) in [5, 5.41) is 9.61. The Kier molecular flexibility index (Phi) is 4.00. The topological polar surface area (TPSA) is 40.8 Å². The molecule has 0 spiro atoms. The molecular formula is C17H25N3O. The van der Waals surface area contributed by atoms with Crippen molar-refractivity contribution in [1.82, 2.24) is 14.3 Å². The zero-order valence-corrected chi connectivity index (χ0v) is 13.0. The molecular weight excluding hydrogens is 262 g/mol. The average Bonchev–Trinajstić information content (AvgIpc) is 2.92. The molecule has 1 aliphatic heterocycles. The van der Waals surface area contributed by atoms with Crippen LogP contribution in [0.1, 0.15) is 37.6 Å². The van der Waals surface area contributed by atoms with Gasteiger partial charge in [-0.15, -0.1) is 0 Å². The van der Waals surface area contributed by atoms with Crippen LogP contribution in [0.2, 0.25) is 0 Å². The van der Waals surface area contributed by atoms with Gasteiger partial charge in [0.15, 0.2) is 0 Å². The second-order valence-electron chi connectivity index (χ2n) is 6.42. The number of aromatic nitrogens is 2. The molecule has 0 bridgehead atoms. The van der Waals surface area contributed by atoms with Crippen LogP contribution in [0.15, 0.2) is 24.4 Å². The summed E-state index contributed by atoms with van der Waals surface area (Å²) < 4.78 is 2.16. The van der Waals surface area contributed by atoms with Crippen LogP contribution >= 0.6 is 0 Å². The van der Waals surface area contributed by atoms with E-state index in [0.717, 1.165) is 50.2 Å². The van der Waals surface area contributed by atoms with Crippen LogP contribution < -0.4 is 0 Å². The summed E-state index contributed by atoms with van der Waals surface area (Å²) >= 11 is 0. The number of fused-ring (bicyclic) bond motifs is 1. The van der Waals surface area contributed by atoms with Crippen molar-refractivity contribution in [2.75, 3.05) is 19.7 Å². The fourth-order valence-corrected chi connectivity index (χ4v) is 3.31. The van der Waals surface area contributed by atoms with Crippen LogP contribution in [-0.2, 0) is 6.54 Å². The van der Waals surface area contributed by atoms with Crippen molar-refractivity contribution in [3.63, 3.8) is 0 Å². The van der Waals surface area contributed by atoms with Gasteiger partial charge in [0, 0.05) is 25.0 Å². The minimum Gasteiger partial charge on any atom is -0.396 e. The Balaban J connectivity index is 1.68. The predicted molar refractivity (Wildman–Crippen MR) is 84.2 cm³/mol. The maximum absolute atomic E-state index is 9.61. The van der Waals surface area contributed by atoms with Gasteiger partial charge < -0.3 is 9.51 Å². The Morgan fingerprint density at radius 2 is 2.05 bits per heavy atom. The van der Waals surface area contributed by atoms with Crippen molar-refractivity contribution in [2.24, 2.45) is 5.41 Å². The third-order valence-electron chi connectivity index (χ3n) is 5.13. The fraction of sp³-hybridized carbons (Fsp3) is 0.588. The highest BCUT2D eigenvalue weighted by atomic mass is 16.3. The maximum atomic E-state index is 9.61. The van der Waals surface area contributed by atoms with Crippen LogP contribution in [0.3, 0.4) is 0 Å². The van der Waals surface area contributed by atoms with Crippen molar-refractivity contribution in [3.8, 4) is 0 Å². The number of hydrogen-bond donors (Lipinski definition) is 1. The molecule has 0 saturated carbocycles. The van der Waals surface area contributed by atoms with Gasteiger partial charge >= 0.3 is 0 Å². The lowest BCUT2D eigenvalue weighted by Crippen LogP contribution is -2.41. The lowest BCUT2D eigenvalue weighted by molar-refractivity contribution is 0.0379. The van der Waals surface area contributed by atoms with Crippen molar-refractivity contribution in [3.05, 3.63) is 35.8 Å². The Labute approximate surface area is 126 Å². The van der Waals surface area contributed by atoms with Gasteiger partial charge in [-0.05, 0) is 56.8 Å². The summed E-state index contributed by atoms with van der Waals surface area (Å²) in [7, 11) is 0. The highest BCUT2D eigenvalue weighted by Gasteiger charge is 2.32. The first-order valence-corrected chi connectivity index (χ1v) is 7.93. The fourth-order valence-electron chi connectivity index (χ4n) is 3.31. The number of nitrogens with zero attached hydrogens (tertiary/aromatic N) is 3. The summed E-state index contributed by atoms with van der Waals surface area (Å²) in [4.78, 5) is 7.18. The Morgan fingerprint density at radius 1 is 1.29 bits per heavy atom. The largest absolute Gasteiger partial charge is 0.396 e. The van der Waals surface area contributed by atoms with Gasteiger partial charge in [0.25, 0.3) is 0 Å². The number of imidazole rings is 1. The minimum atomic E-state index is 0.159. The van der Waals surface area contributed by atoms with E-state index in [2.05, 4.69) is 47.5 Å². The van der Waals surface area contributed by atoms with E-state index < -0.39 is 0 Å². The standard InChI is InChI=1S/C17H25N3O/c1-3-17(13-21)7-9-19(10-8-17)11-15-12-20-14(2)5-4-6-16(20)18-15/h4-6,12,21H,3,7-11,13H2,1-2H3. The molecule has 1 saturated heterocycles. The van der Waals surface area contributed by atoms with Crippen LogP contribution in [0, 0.1) is 12.3 Å². The van der Waals surface area contributed by atoms with Gasteiger partial charge in [0.1, 0.15) is 5.65 Å². The van der Waals surface area contributed by atoms with E-state index in [1.54, 1.807) is 0 Å². The first-order chi connectivity index (χ1) is 10.2. The zero-order chi connectivity index (χ0) is 14.9. The van der Waals surface area contributed by atoms with E-state index in [1.807, 2.05) is 0 Å². The number of hydrogen-bond acceptors (Lipinski definition) is 3. The van der Waals surface area contributed by atoms with Gasteiger partial charge in [0.2, 0.25) is 0 Å². The molecule has 0 unspecified atom stereocenters. The summed E-state index contributed by atoms with van der Waals surface area (Å²) in [6, 6.07) is 6.22. The summed E-state index contributed by atoms with van der Waals surface area (Å²) in [6.07, 6.45) is 5.40. The molecule has 0 radical (unpaired) electrons. The monoisotopic (exact) mass is 287 g/mol.